The molecule has 4 fully saturated rings. The van der Waals surface area contributed by atoms with Crippen LogP contribution in [-0.4, -0.2) is 15.8 Å². The molecule has 0 radical (unpaired) electrons. The average molecular weight is 385 g/mol. The molecule has 0 atom stereocenters. The Hall–Kier alpha value is -2.15. The normalized spacial score (nSPS) is 31.2. The second-order valence-electron chi connectivity index (χ2n) is 8.63. The van der Waals surface area contributed by atoms with Crippen LogP contribution in [0, 0.1) is 23.2 Å². The van der Waals surface area contributed by atoms with Crippen molar-refractivity contribution in [1.82, 2.24) is 14.8 Å². The molecule has 27 heavy (non-hydrogen) atoms. The van der Waals surface area contributed by atoms with Crippen LogP contribution in [0.25, 0.3) is 10.1 Å². The highest BCUT2D eigenvalue weighted by atomic mass is 32.1. The molecule has 2 N–H and O–H groups in total. The molecule has 4 bridgehead atoms. The van der Waals surface area contributed by atoms with Crippen molar-refractivity contribution in [3.8, 4) is 0 Å². The highest BCUT2D eigenvalue weighted by molar-refractivity contribution is 7.13. The molecule has 6 nitrogen and oxygen atoms in total. The van der Waals surface area contributed by atoms with Gasteiger partial charge in [0.25, 0.3) is 11.5 Å². The first-order chi connectivity index (χ1) is 13.0. The van der Waals surface area contributed by atoms with Crippen LogP contribution in [0.2, 0.25) is 0 Å². The summed E-state index contributed by atoms with van der Waals surface area (Å²) < 4.78 is 2.28. The number of aromatic nitrogens is 1. The van der Waals surface area contributed by atoms with Crippen molar-refractivity contribution in [2.45, 2.75) is 45.1 Å². The first kappa shape index (κ1) is 17.0. The molecule has 4 saturated carbocycles. The van der Waals surface area contributed by atoms with Gasteiger partial charge >= 0.3 is 0 Å². The zero-order valence-corrected chi connectivity index (χ0v) is 15.9. The molecule has 4 aliphatic rings. The Morgan fingerprint density at radius 2 is 1.67 bits per heavy atom. The van der Waals surface area contributed by atoms with Crippen molar-refractivity contribution in [2.24, 2.45) is 23.2 Å². The summed E-state index contributed by atoms with van der Waals surface area (Å²) in [7, 11) is 0. The van der Waals surface area contributed by atoms with Gasteiger partial charge in [0.2, 0.25) is 5.91 Å². The minimum absolute atomic E-state index is 0.0429. The molecule has 1 aromatic carbocycles. The van der Waals surface area contributed by atoms with E-state index in [1.165, 1.54) is 34.8 Å². The van der Waals surface area contributed by atoms with E-state index in [0.29, 0.717) is 23.1 Å². The van der Waals surface area contributed by atoms with Gasteiger partial charge in [0.15, 0.2) is 0 Å². The van der Waals surface area contributed by atoms with Crippen LogP contribution in [0.4, 0.5) is 0 Å². The third-order valence-electron chi connectivity index (χ3n) is 6.68. The van der Waals surface area contributed by atoms with Crippen LogP contribution in [0.1, 0.15) is 38.5 Å². The maximum absolute atomic E-state index is 12.9. The lowest BCUT2D eigenvalue weighted by atomic mass is 9.49. The summed E-state index contributed by atoms with van der Waals surface area (Å²) in [6, 6.07) is 7.31. The fraction of sp³-hybridized carbons (Fsp3) is 0.550. The number of rotatable bonds is 3. The number of hydrogen-bond donors (Lipinski definition) is 2. The van der Waals surface area contributed by atoms with Crippen molar-refractivity contribution >= 4 is 33.4 Å². The van der Waals surface area contributed by atoms with E-state index in [-0.39, 0.29) is 29.3 Å². The number of nitrogens with one attached hydrogen (secondary N) is 2. The largest absolute Gasteiger partial charge is 0.273 e. The molecule has 0 unspecified atom stereocenters. The van der Waals surface area contributed by atoms with Gasteiger partial charge in [0, 0.05) is 0 Å². The maximum Gasteiger partial charge on any atom is 0.269 e. The van der Waals surface area contributed by atoms with Crippen LogP contribution in [0.5, 0.6) is 0 Å². The van der Waals surface area contributed by atoms with E-state index in [0.717, 1.165) is 24.0 Å². The molecule has 1 aromatic heterocycles. The van der Waals surface area contributed by atoms with E-state index in [9.17, 15) is 14.4 Å². The first-order valence-electron chi connectivity index (χ1n) is 9.70. The monoisotopic (exact) mass is 385 g/mol. The molecular weight excluding hydrogens is 362 g/mol. The zero-order valence-electron chi connectivity index (χ0n) is 15.1. The van der Waals surface area contributed by atoms with Crippen LogP contribution in [0.3, 0.4) is 0 Å². The molecule has 1 heterocycles. The van der Waals surface area contributed by atoms with Gasteiger partial charge in [-0.2, -0.15) is 0 Å². The molecule has 6 rings (SSSR count). The topological polar surface area (TPSA) is 80.2 Å². The number of fused-ring (bicyclic) bond motifs is 1. The molecule has 0 saturated heterocycles. The lowest BCUT2D eigenvalue weighted by Gasteiger charge is -2.55. The number of amides is 2. The number of hydrogen-bond acceptors (Lipinski definition) is 4. The summed E-state index contributed by atoms with van der Waals surface area (Å²) in [5, 5.41) is 0.618. The molecule has 7 heteroatoms. The Morgan fingerprint density at radius 1 is 1.04 bits per heavy atom. The number of carbonyl (C=O) groups is 2. The zero-order chi connectivity index (χ0) is 18.6. The molecule has 2 amide bonds. The number of benzene rings is 1. The van der Waals surface area contributed by atoms with E-state index in [1.807, 2.05) is 18.2 Å². The van der Waals surface area contributed by atoms with Crippen molar-refractivity contribution in [1.29, 1.82) is 0 Å². The predicted octanol–water partition coefficient (Wildman–Crippen LogP) is 2.43. The average Bonchev–Trinajstić information content (AvgIpc) is 2.94. The quantitative estimate of drug-likeness (QED) is 0.797. The van der Waals surface area contributed by atoms with Gasteiger partial charge in [-0.15, -0.1) is 0 Å². The van der Waals surface area contributed by atoms with Crippen LogP contribution in [-0.2, 0) is 16.1 Å². The van der Waals surface area contributed by atoms with Crippen molar-refractivity contribution in [2.75, 3.05) is 0 Å². The highest BCUT2D eigenvalue weighted by Crippen LogP contribution is 2.60. The summed E-state index contributed by atoms with van der Waals surface area (Å²) in [5.41, 5.74) is 4.74. The van der Waals surface area contributed by atoms with E-state index in [1.54, 1.807) is 6.07 Å². The van der Waals surface area contributed by atoms with Gasteiger partial charge < -0.3 is 0 Å². The van der Waals surface area contributed by atoms with Crippen LogP contribution >= 0.6 is 11.5 Å². The molecule has 4 aliphatic carbocycles. The second-order valence-corrected chi connectivity index (χ2v) is 9.69. The highest BCUT2D eigenvalue weighted by Gasteiger charge is 2.54. The van der Waals surface area contributed by atoms with E-state index >= 15 is 0 Å². The lowest BCUT2D eigenvalue weighted by Crippen LogP contribution is -2.57. The van der Waals surface area contributed by atoms with Gasteiger partial charge in [0.1, 0.15) is 6.54 Å². The Balaban J connectivity index is 1.23. The number of hydrazine groups is 1. The van der Waals surface area contributed by atoms with Gasteiger partial charge in [0.05, 0.1) is 15.5 Å². The molecular formula is C20H23N3O3S. The van der Waals surface area contributed by atoms with E-state index < -0.39 is 0 Å². The minimum atomic E-state index is -0.373. The fourth-order valence-corrected chi connectivity index (χ4v) is 6.93. The van der Waals surface area contributed by atoms with Gasteiger partial charge in [-0.3, -0.25) is 29.2 Å². The summed E-state index contributed by atoms with van der Waals surface area (Å²) in [6.45, 7) is -0.0840. The van der Waals surface area contributed by atoms with Gasteiger partial charge in [-0.25, -0.2) is 0 Å². The molecule has 0 spiro atoms. The summed E-state index contributed by atoms with van der Waals surface area (Å²) >= 11 is 1.26. The van der Waals surface area contributed by atoms with Gasteiger partial charge in [-0.1, -0.05) is 23.7 Å². The van der Waals surface area contributed by atoms with Crippen molar-refractivity contribution in [3.63, 3.8) is 0 Å². The molecule has 142 valence electrons. The van der Waals surface area contributed by atoms with E-state index in [4.69, 9.17) is 0 Å². The molecule has 0 aliphatic heterocycles. The Bertz CT molecular complexity index is 941. The minimum Gasteiger partial charge on any atom is -0.273 e. The SMILES string of the molecule is O=C(Cn1sc2ccccc2c1=O)NNC(=O)C12CC3CC(CC(C3)C1)C2. The third-order valence-corrected chi connectivity index (χ3v) is 7.74. The van der Waals surface area contributed by atoms with Crippen LogP contribution in [0.15, 0.2) is 29.1 Å². The number of nitrogens with zero attached hydrogens (tertiary/aromatic N) is 1. The van der Waals surface area contributed by atoms with Crippen LogP contribution < -0.4 is 16.4 Å². The molecule has 2 aromatic rings. The first-order valence-corrected chi connectivity index (χ1v) is 10.5. The fourth-order valence-electron chi connectivity index (χ4n) is 5.94. The summed E-state index contributed by atoms with van der Waals surface area (Å²) in [4.78, 5) is 37.5. The standard InChI is InChI=1S/C20H23N3O3S/c24-17(11-23-18(25)15-3-1-2-4-16(15)27-23)21-22-19(26)20-8-12-5-13(9-20)7-14(6-12)10-20/h1-4,12-14H,5-11H2,(H,21,24)(H,22,26). The third kappa shape index (κ3) is 2.88. The Kier molecular flexibility index (Phi) is 3.89. The smallest absolute Gasteiger partial charge is 0.269 e. The van der Waals surface area contributed by atoms with Gasteiger partial charge in [-0.05, 0) is 68.4 Å². The van der Waals surface area contributed by atoms with Crippen molar-refractivity contribution in [3.05, 3.63) is 34.6 Å². The second kappa shape index (κ2) is 6.19. The van der Waals surface area contributed by atoms with Crippen molar-refractivity contribution < 1.29 is 9.59 Å². The summed E-state index contributed by atoms with van der Waals surface area (Å²) in [5.74, 6) is 1.61. The predicted molar refractivity (Wildman–Crippen MR) is 103 cm³/mol. The van der Waals surface area contributed by atoms with E-state index in [2.05, 4.69) is 10.9 Å². The number of carbonyl (C=O) groups excluding carboxylic acids is 2. The summed E-state index contributed by atoms with van der Waals surface area (Å²) in [6.07, 6.45) is 6.68. The lowest BCUT2D eigenvalue weighted by molar-refractivity contribution is -0.149. The Morgan fingerprint density at radius 3 is 2.30 bits per heavy atom. The Labute approximate surface area is 161 Å². The maximum atomic E-state index is 12.9.